The molecule has 98 valence electrons. The van der Waals surface area contributed by atoms with Gasteiger partial charge in [0.05, 0.1) is 9.40 Å². The van der Waals surface area contributed by atoms with Crippen molar-refractivity contribution in [3.63, 3.8) is 0 Å². The summed E-state index contributed by atoms with van der Waals surface area (Å²) in [5.74, 6) is 0. The maximum absolute atomic E-state index is 10.7. The zero-order chi connectivity index (χ0) is 13.0. The molecule has 6 heteroatoms. The minimum Gasteiger partial charge on any atom is -0.382 e. The molecule has 0 aliphatic carbocycles. The van der Waals surface area contributed by atoms with Crippen molar-refractivity contribution in [1.29, 1.82) is 0 Å². The lowest BCUT2D eigenvalue weighted by molar-refractivity contribution is -0.385. The summed E-state index contributed by atoms with van der Waals surface area (Å²) >= 11 is 3.22. The van der Waals surface area contributed by atoms with Gasteiger partial charge in [0.1, 0.15) is 0 Å². The van der Waals surface area contributed by atoms with E-state index in [9.17, 15) is 10.1 Å². The Kier molecular flexibility index (Phi) is 4.54. The molecular formula is C12H15BrN2O3. The smallest absolute Gasteiger partial charge is 0.283 e. The Morgan fingerprint density at radius 1 is 1.39 bits per heavy atom. The second kappa shape index (κ2) is 6.15. The van der Waals surface area contributed by atoms with E-state index in [-0.39, 0.29) is 5.69 Å². The van der Waals surface area contributed by atoms with E-state index in [1.54, 1.807) is 12.1 Å². The van der Waals surface area contributed by atoms with Gasteiger partial charge in [-0.25, -0.2) is 0 Å². The van der Waals surface area contributed by atoms with Crippen molar-refractivity contribution >= 4 is 27.3 Å². The van der Waals surface area contributed by atoms with Crippen molar-refractivity contribution in [2.24, 2.45) is 0 Å². The van der Waals surface area contributed by atoms with E-state index in [0.29, 0.717) is 10.5 Å². The van der Waals surface area contributed by atoms with Crippen LogP contribution in [-0.4, -0.2) is 24.2 Å². The van der Waals surface area contributed by atoms with Crippen LogP contribution in [0.4, 0.5) is 11.4 Å². The zero-order valence-corrected chi connectivity index (χ0v) is 11.5. The van der Waals surface area contributed by atoms with E-state index in [2.05, 4.69) is 21.2 Å². The average Bonchev–Trinajstić information content (AvgIpc) is 2.57. The van der Waals surface area contributed by atoms with E-state index >= 15 is 0 Å². The Morgan fingerprint density at radius 3 is 2.94 bits per heavy atom. The summed E-state index contributed by atoms with van der Waals surface area (Å²) in [6.45, 7) is 1.59. The van der Waals surface area contributed by atoms with E-state index in [1.165, 1.54) is 6.07 Å². The van der Waals surface area contributed by atoms with Crippen molar-refractivity contribution in [2.75, 3.05) is 18.5 Å². The highest BCUT2D eigenvalue weighted by Crippen LogP contribution is 2.28. The van der Waals surface area contributed by atoms with E-state index in [1.807, 2.05) is 0 Å². The molecule has 1 unspecified atom stereocenters. The van der Waals surface area contributed by atoms with Crippen molar-refractivity contribution in [3.8, 4) is 0 Å². The standard InChI is InChI=1S/C12H15BrN2O3/c13-11-8-10(3-4-12(11)15(16)17)14-9-2-1-6-18-7-5-9/h3-4,8-9,14H,1-2,5-7H2. The van der Waals surface area contributed by atoms with Crippen LogP contribution in [0.25, 0.3) is 0 Å². The number of nitro benzene ring substituents is 1. The van der Waals surface area contributed by atoms with Crippen molar-refractivity contribution < 1.29 is 9.66 Å². The molecule has 1 N–H and O–H groups in total. The van der Waals surface area contributed by atoms with Gasteiger partial charge in [0.15, 0.2) is 0 Å². The van der Waals surface area contributed by atoms with Gasteiger partial charge < -0.3 is 10.1 Å². The molecule has 1 fully saturated rings. The first-order chi connectivity index (χ1) is 8.66. The van der Waals surface area contributed by atoms with E-state index in [0.717, 1.165) is 38.2 Å². The fourth-order valence-corrected chi connectivity index (χ4v) is 2.55. The molecule has 0 aromatic heterocycles. The van der Waals surface area contributed by atoms with Crippen molar-refractivity contribution in [1.82, 2.24) is 0 Å². The molecule has 1 aromatic carbocycles. The van der Waals surface area contributed by atoms with Gasteiger partial charge in [-0.15, -0.1) is 0 Å². The van der Waals surface area contributed by atoms with Crippen LogP contribution in [0, 0.1) is 10.1 Å². The first-order valence-electron chi connectivity index (χ1n) is 5.95. The second-order valence-electron chi connectivity index (χ2n) is 4.31. The van der Waals surface area contributed by atoms with Crippen molar-refractivity contribution in [3.05, 3.63) is 32.8 Å². The molecule has 1 atom stereocenters. The van der Waals surface area contributed by atoms with Crippen LogP contribution in [0.3, 0.4) is 0 Å². The molecule has 0 saturated carbocycles. The Balaban J connectivity index is 2.05. The van der Waals surface area contributed by atoms with Crippen LogP contribution in [-0.2, 0) is 4.74 Å². The molecule has 1 aromatic rings. The Labute approximate surface area is 114 Å². The molecule has 1 aliphatic rings. The third-order valence-corrected chi connectivity index (χ3v) is 3.60. The van der Waals surface area contributed by atoms with Crippen LogP contribution >= 0.6 is 15.9 Å². The lowest BCUT2D eigenvalue weighted by Gasteiger charge is -2.17. The Hall–Kier alpha value is -1.14. The number of anilines is 1. The van der Waals surface area contributed by atoms with Crippen LogP contribution in [0.1, 0.15) is 19.3 Å². The molecule has 18 heavy (non-hydrogen) atoms. The lowest BCUT2D eigenvalue weighted by atomic mass is 10.1. The number of nitrogens with zero attached hydrogens (tertiary/aromatic N) is 1. The van der Waals surface area contributed by atoms with Gasteiger partial charge in [-0.05, 0) is 47.3 Å². The van der Waals surface area contributed by atoms with Gasteiger partial charge in [0, 0.05) is 31.0 Å². The molecule has 0 radical (unpaired) electrons. The van der Waals surface area contributed by atoms with Crippen LogP contribution < -0.4 is 5.32 Å². The number of nitro groups is 1. The molecule has 5 nitrogen and oxygen atoms in total. The van der Waals surface area contributed by atoms with Crippen LogP contribution in [0.2, 0.25) is 0 Å². The third-order valence-electron chi connectivity index (χ3n) is 2.97. The number of rotatable bonds is 3. The molecule has 0 spiro atoms. The summed E-state index contributed by atoms with van der Waals surface area (Å²) < 4.78 is 5.90. The normalized spacial score (nSPS) is 20.2. The zero-order valence-electron chi connectivity index (χ0n) is 9.89. The summed E-state index contributed by atoms with van der Waals surface area (Å²) in [6, 6.07) is 5.39. The SMILES string of the molecule is O=[N+]([O-])c1ccc(NC2CCCOCC2)cc1Br. The average molecular weight is 315 g/mol. The highest BCUT2D eigenvalue weighted by molar-refractivity contribution is 9.10. The topological polar surface area (TPSA) is 64.4 Å². The minimum absolute atomic E-state index is 0.0877. The summed E-state index contributed by atoms with van der Waals surface area (Å²) in [5, 5.41) is 14.1. The molecule has 0 amide bonds. The number of benzene rings is 1. The van der Waals surface area contributed by atoms with Crippen LogP contribution in [0.15, 0.2) is 22.7 Å². The maximum atomic E-state index is 10.7. The van der Waals surface area contributed by atoms with Crippen LogP contribution in [0.5, 0.6) is 0 Å². The van der Waals surface area contributed by atoms with E-state index in [4.69, 9.17) is 4.74 Å². The van der Waals surface area contributed by atoms with Gasteiger partial charge in [0.25, 0.3) is 5.69 Å². The van der Waals surface area contributed by atoms with Gasteiger partial charge >= 0.3 is 0 Å². The van der Waals surface area contributed by atoms with Gasteiger partial charge in [-0.2, -0.15) is 0 Å². The Bertz CT molecular complexity index is 431. The highest BCUT2D eigenvalue weighted by Gasteiger charge is 2.15. The Morgan fingerprint density at radius 2 is 2.22 bits per heavy atom. The largest absolute Gasteiger partial charge is 0.382 e. The highest BCUT2D eigenvalue weighted by atomic mass is 79.9. The van der Waals surface area contributed by atoms with Gasteiger partial charge in [0.2, 0.25) is 0 Å². The maximum Gasteiger partial charge on any atom is 0.283 e. The lowest BCUT2D eigenvalue weighted by Crippen LogP contribution is -2.19. The molecule has 1 aliphatic heterocycles. The quantitative estimate of drug-likeness (QED) is 0.686. The molecule has 1 heterocycles. The van der Waals surface area contributed by atoms with Gasteiger partial charge in [-0.1, -0.05) is 0 Å². The first kappa shape index (κ1) is 13.3. The summed E-state index contributed by atoms with van der Waals surface area (Å²) in [4.78, 5) is 10.3. The number of halogens is 1. The minimum atomic E-state index is -0.395. The number of hydrogen-bond acceptors (Lipinski definition) is 4. The monoisotopic (exact) mass is 314 g/mol. The summed E-state index contributed by atoms with van der Waals surface area (Å²) in [6.07, 6.45) is 3.08. The van der Waals surface area contributed by atoms with Crippen molar-refractivity contribution in [2.45, 2.75) is 25.3 Å². The number of nitrogens with one attached hydrogen (secondary N) is 1. The molecular weight excluding hydrogens is 300 g/mol. The fourth-order valence-electron chi connectivity index (χ4n) is 2.03. The molecule has 2 rings (SSSR count). The third kappa shape index (κ3) is 3.43. The summed E-state index contributed by atoms with van der Waals surface area (Å²) in [5.41, 5.74) is 0.990. The number of ether oxygens (including phenoxy) is 1. The predicted molar refractivity (Wildman–Crippen MR) is 72.9 cm³/mol. The predicted octanol–water partition coefficient (Wildman–Crippen LogP) is 3.34. The second-order valence-corrected chi connectivity index (χ2v) is 5.16. The fraction of sp³-hybridized carbons (Fsp3) is 0.500. The van der Waals surface area contributed by atoms with Gasteiger partial charge in [-0.3, -0.25) is 10.1 Å². The number of hydrogen-bond donors (Lipinski definition) is 1. The van der Waals surface area contributed by atoms with E-state index < -0.39 is 4.92 Å². The molecule has 1 saturated heterocycles. The first-order valence-corrected chi connectivity index (χ1v) is 6.74. The molecule has 0 bridgehead atoms. The summed E-state index contributed by atoms with van der Waals surface area (Å²) in [7, 11) is 0.